The summed E-state index contributed by atoms with van der Waals surface area (Å²) >= 11 is 12.7. The molecule has 1 atom stereocenters. The minimum atomic E-state index is -0.834. The van der Waals surface area contributed by atoms with Crippen LogP contribution >= 0.6 is 23.2 Å². The van der Waals surface area contributed by atoms with Crippen molar-refractivity contribution in [2.45, 2.75) is 31.6 Å². The van der Waals surface area contributed by atoms with Gasteiger partial charge in [0.15, 0.2) is 5.78 Å². The minimum absolute atomic E-state index is 0.140. The number of carbonyl (C=O) groups excluding carboxylic acids is 2. The molecule has 0 spiro atoms. The largest absolute Gasteiger partial charge is 0.492 e. The molecule has 0 heterocycles. The lowest BCUT2D eigenvalue weighted by molar-refractivity contribution is -0.108. The van der Waals surface area contributed by atoms with Gasteiger partial charge >= 0.3 is 0 Å². The minimum Gasteiger partial charge on any atom is -0.492 e. The SMILES string of the molecule is CC1(c2ccc(F)cc2)Cc2cc(OCCCC=O)c(Cl)c(Cl)c2C1=O. The van der Waals surface area contributed by atoms with Gasteiger partial charge in [-0.1, -0.05) is 35.3 Å². The summed E-state index contributed by atoms with van der Waals surface area (Å²) < 4.78 is 18.9. The summed E-state index contributed by atoms with van der Waals surface area (Å²) in [6.07, 6.45) is 2.22. The van der Waals surface area contributed by atoms with Crippen LogP contribution in [0.25, 0.3) is 0 Å². The van der Waals surface area contributed by atoms with E-state index in [9.17, 15) is 14.0 Å². The highest BCUT2D eigenvalue weighted by molar-refractivity contribution is 6.45. The highest BCUT2D eigenvalue weighted by atomic mass is 35.5. The summed E-state index contributed by atoms with van der Waals surface area (Å²) in [6.45, 7) is 2.15. The van der Waals surface area contributed by atoms with Gasteiger partial charge in [-0.15, -0.1) is 0 Å². The number of carbonyl (C=O) groups is 2. The number of Topliss-reactive ketones (excluding diaryl/α,β-unsaturated/α-hetero) is 1. The van der Waals surface area contributed by atoms with Gasteiger partial charge in [-0.3, -0.25) is 4.79 Å². The van der Waals surface area contributed by atoms with Crippen LogP contribution in [0.15, 0.2) is 30.3 Å². The molecule has 1 unspecified atom stereocenters. The normalized spacial score (nSPS) is 18.7. The third kappa shape index (κ3) is 3.24. The van der Waals surface area contributed by atoms with Gasteiger partial charge in [-0.05, 0) is 49.1 Å². The second-order valence-electron chi connectivity index (χ2n) is 6.54. The Balaban J connectivity index is 1.95. The fourth-order valence-corrected chi connectivity index (χ4v) is 3.78. The van der Waals surface area contributed by atoms with Crippen LogP contribution in [0.3, 0.4) is 0 Å². The maximum Gasteiger partial charge on any atom is 0.175 e. The molecule has 2 aromatic rings. The molecule has 0 N–H and O–H groups in total. The summed E-state index contributed by atoms with van der Waals surface area (Å²) in [6, 6.07) is 7.65. The molecule has 2 aromatic carbocycles. The van der Waals surface area contributed by atoms with Gasteiger partial charge in [-0.25, -0.2) is 4.39 Å². The third-order valence-corrected chi connectivity index (χ3v) is 5.58. The Bertz CT molecular complexity index is 864. The number of rotatable bonds is 6. The molecule has 1 aliphatic carbocycles. The van der Waals surface area contributed by atoms with E-state index in [0.717, 1.165) is 17.4 Å². The van der Waals surface area contributed by atoms with Crippen molar-refractivity contribution in [1.82, 2.24) is 0 Å². The molecule has 0 amide bonds. The molecule has 136 valence electrons. The van der Waals surface area contributed by atoms with Crippen LogP contribution in [0.5, 0.6) is 5.75 Å². The van der Waals surface area contributed by atoms with Crippen molar-refractivity contribution < 1.29 is 18.7 Å². The molecule has 6 heteroatoms. The number of fused-ring (bicyclic) bond motifs is 1. The average Bonchev–Trinajstić information content (AvgIpc) is 2.88. The van der Waals surface area contributed by atoms with Crippen molar-refractivity contribution >= 4 is 35.3 Å². The lowest BCUT2D eigenvalue weighted by Crippen LogP contribution is -2.29. The predicted molar refractivity (Wildman–Crippen MR) is 99.0 cm³/mol. The lowest BCUT2D eigenvalue weighted by Gasteiger charge is -2.22. The van der Waals surface area contributed by atoms with Crippen LogP contribution in [-0.2, 0) is 16.6 Å². The highest BCUT2D eigenvalue weighted by Gasteiger charge is 2.45. The Morgan fingerprint density at radius 2 is 1.92 bits per heavy atom. The van der Waals surface area contributed by atoms with E-state index in [1.165, 1.54) is 12.1 Å². The van der Waals surface area contributed by atoms with Crippen molar-refractivity contribution in [3.05, 3.63) is 62.9 Å². The number of ether oxygens (including phenoxy) is 1. The Labute approximate surface area is 161 Å². The average molecular weight is 395 g/mol. The van der Waals surface area contributed by atoms with Crippen molar-refractivity contribution in [3.8, 4) is 5.75 Å². The summed E-state index contributed by atoms with van der Waals surface area (Å²) in [7, 11) is 0. The topological polar surface area (TPSA) is 43.4 Å². The smallest absolute Gasteiger partial charge is 0.175 e. The van der Waals surface area contributed by atoms with E-state index in [2.05, 4.69) is 0 Å². The van der Waals surface area contributed by atoms with E-state index in [1.807, 2.05) is 6.92 Å². The molecule has 3 rings (SSSR count). The number of ketones is 1. The Morgan fingerprint density at radius 3 is 2.58 bits per heavy atom. The van der Waals surface area contributed by atoms with Crippen LogP contribution in [0.2, 0.25) is 10.0 Å². The molecule has 0 bridgehead atoms. The quantitative estimate of drug-likeness (QED) is 0.500. The fraction of sp³-hybridized carbons (Fsp3) is 0.300. The number of unbranched alkanes of at least 4 members (excludes halogenated alkanes) is 1. The van der Waals surface area contributed by atoms with E-state index < -0.39 is 5.41 Å². The zero-order chi connectivity index (χ0) is 18.9. The fourth-order valence-electron chi connectivity index (χ4n) is 3.28. The van der Waals surface area contributed by atoms with Crippen LogP contribution in [-0.4, -0.2) is 18.7 Å². The van der Waals surface area contributed by atoms with E-state index >= 15 is 0 Å². The zero-order valence-electron chi connectivity index (χ0n) is 14.2. The molecule has 0 aromatic heterocycles. The summed E-state index contributed by atoms with van der Waals surface area (Å²) in [4.78, 5) is 23.5. The molecular weight excluding hydrogens is 378 g/mol. The van der Waals surface area contributed by atoms with E-state index in [0.29, 0.717) is 37.2 Å². The first-order valence-electron chi connectivity index (χ1n) is 8.26. The Hall–Kier alpha value is -1.91. The van der Waals surface area contributed by atoms with Gasteiger partial charge in [0, 0.05) is 12.0 Å². The van der Waals surface area contributed by atoms with E-state index in [1.54, 1.807) is 18.2 Å². The zero-order valence-corrected chi connectivity index (χ0v) is 15.7. The molecule has 0 aliphatic heterocycles. The second kappa shape index (κ2) is 7.37. The molecule has 0 radical (unpaired) electrons. The van der Waals surface area contributed by atoms with Crippen LogP contribution in [0.1, 0.15) is 41.3 Å². The van der Waals surface area contributed by atoms with Gasteiger partial charge < -0.3 is 9.53 Å². The molecule has 26 heavy (non-hydrogen) atoms. The predicted octanol–water partition coefficient (Wildman–Crippen LogP) is 5.19. The molecule has 3 nitrogen and oxygen atoms in total. The first-order valence-corrected chi connectivity index (χ1v) is 9.02. The first-order chi connectivity index (χ1) is 12.4. The molecular formula is C20H17Cl2FO3. The maximum absolute atomic E-state index is 13.2. The molecule has 0 saturated heterocycles. The number of aldehydes is 1. The monoisotopic (exact) mass is 394 g/mol. The van der Waals surface area contributed by atoms with Crippen molar-refractivity contribution in [3.63, 3.8) is 0 Å². The van der Waals surface area contributed by atoms with Gasteiger partial charge in [0.25, 0.3) is 0 Å². The van der Waals surface area contributed by atoms with E-state index in [4.69, 9.17) is 27.9 Å². The number of hydrogen-bond donors (Lipinski definition) is 0. The highest BCUT2D eigenvalue weighted by Crippen LogP contribution is 2.47. The number of hydrogen-bond acceptors (Lipinski definition) is 3. The standard InChI is InChI=1S/C20H17Cl2FO3/c1-20(13-4-6-14(23)7-5-13)11-12-10-15(26-9-3-2-8-24)17(21)18(22)16(12)19(20)25/h4-8,10H,2-3,9,11H2,1H3. The van der Waals surface area contributed by atoms with Gasteiger partial charge in [0.1, 0.15) is 22.9 Å². The molecule has 0 saturated carbocycles. The summed E-state index contributed by atoms with van der Waals surface area (Å²) in [5.41, 5.74) is 1.03. The lowest BCUT2D eigenvalue weighted by atomic mass is 9.79. The van der Waals surface area contributed by atoms with Gasteiger partial charge in [-0.2, -0.15) is 0 Å². The van der Waals surface area contributed by atoms with Crippen molar-refractivity contribution in [2.24, 2.45) is 0 Å². The summed E-state index contributed by atoms with van der Waals surface area (Å²) in [5.74, 6) is -0.0941. The van der Waals surface area contributed by atoms with Gasteiger partial charge in [0.2, 0.25) is 0 Å². The third-order valence-electron chi connectivity index (χ3n) is 4.73. The van der Waals surface area contributed by atoms with Crippen molar-refractivity contribution in [2.75, 3.05) is 6.61 Å². The number of benzene rings is 2. The second-order valence-corrected chi connectivity index (χ2v) is 7.29. The van der Waals surface area contributed by atoms with Crippen molar-refractivity contribution in [1.29, 1.82) is 0 Å². The Morgan fingerprint density at radius 1 is 1.23 bits per heavy atom. The van der Waals surface area contributed by atoms with E-state index in [-0.39, 0.29) is 21.6 Å². The van der Waals surface area contributed by atoms with Crippen LogP contribution < -0.4 is 4.74 Å². The van der Waals surface area contributed by atoms with Crippen LogP contribution in [0, 0.1) is 5.82 Å². The molecule has 1 aliphatic rings. The van der Waals surface area contributed by atoms with Crippen LogP contribution in [0.4, 0.5) is 4.39 Å². The Kier molecular flexibility index (Phi) is 5.35. The maximum atomic E-state index is 13.2. The first kappa shape index (κ1) is 18.9. The van der Waals surface area contributed by atoms with Gasteiger partial charge in [0.05, 0.1) is 17.0 Å². The molecule has 0 fully saturated rings. The number of halogens is 3. The summed E-state index contributed by atoms with van der Waals surface area (Å²) in [5, 5.41) is 0.360.